The molecule has 0 aliphatic carbocycles. The van der Waals surface area contributed by atoms with Crippen molar-refractivity contribution in [1.29, 1.82) is 0 Å². The molecule has 2 rings (SSSR count). The van der Waals surface area contributed by atoms with Gasteiger partial charge in [0.05, 0.1) is 11.2 Å². The van der Waals surface area contributed by atoms with Gasteiger partial charge in [-0.2, -0.15) is 0 Å². The van der Waals surface area contributed by atoms with Gasteiger partial charge >= 0.3 is 7.12 Å². The van der Waals surface area contributed by atoms with Gasteiger partial charge in [-0.25, -0.2) is 4.39 Å². The summed E-state index contributed by atoms with van der Waals surface area (Å²) in [5.41, 5.74) is -1.03. The largest absolute Gasteiger partial charge is 0.466 e. The van der Waals surface area contributed by atoms with Crippen molar-refractivity contribution in [3.05, 3.63) is 0 Å². The fraction of sp³-hybridized carbons (Fsp3) is 0.929. The summed E-state index contributed by atoms with van der Waals surface area (Å²) in [4.78, 5) is 12.2. The molecule has 120 valence electrons. The van der Waals surface area contributed by atoms with E-state index in [1.807, 2.05) is 27.7 Å². The molecule has 0 aromatic rings. The molecule has 1 amide bonds. The van der Waals surface area contributed by atoms with Crippen molar-refractivity contribution in [3.8, 4) is 0 Å². The second-order valence-corrected chi connectivity index (χ2v) is 6.92. The number of nitrogens with zero attached hydrogens (tertiary/aromatic N) is 1. The van der Waals surface area contributed by atoms with Gasteiger partial charge in [-0.1, -0.05) is 0 Å². The zero-order chi connectivity index (χ0) is 15.8. The van der Waals surface area contributed by atoms with E-state index in [1.54, 1.807) is 7.11 Å². The highest BCUT2D eigenvalue weighted by Gasteiger charge is 2.58. The predicted molar refractivity (Wildman–Crippen MR) is 77.5 cm³/mol. The fourth-order valence-corrected chi connectivity index (χ4v) is 2.99. The third kappa shape index (κ3) is 2.96. The number of amides is 1. The zero-order valence-electron chi connectivity index (χ0n) is 13.5. The van der Waals surface area contributed by atoms with E-state index in [4.69, 9.17) is 14.0 Å². The van der Waals surface area contributed by atoms with Crippen molar-refractivity contribution in [1.82, 2.24) is 4.90 Å². The van der Waals surface area contributed by atoms with Crippen LogP contribution in [0.5, 0.6) is 0 Å². The fourth-order valence-electron chi connectivity index (χ4n) is 2.99. The van der Waals surface area contributed by atoms with E-state index < -0.39 is 30.4 Å². The molecule has 0 radical (unpaired) electrons. The molecule has 0 aromatic heterocycles. The molecule has 2 aliphatic heterocycles. The average Bonchev–Trinajstić information content (AvgIpc) is 2.58. The van der Waals surface area contributed by atoms with Crippen LogP contribution in [0.4, 0.5) is 4.39 Å². The Bertz CT molecular complexity index is 377. The molecular formula is C14H25BFNO4. The van der Waals surface area contributed by atoms with Crippen molar-refractivity contribution < 1.29 is 23.2 Å². The van der Waals surface area contributed by atoms with Gasteiger partial charge in [0.2, 0.25) is 6.41 Å². The lowest BCUT2D eigenvalue weighted by atomic mass is 9.61. The van der Waals surface area contributed by atoms with E-state index in [1.165, 1.54) is 4.90 Å². The molecule has 3 atom stereocenters. The maximum Gasteiger partial charge on any atom is 0.466 e. The Kier molecular flexibility index (Phi) is 4.66. The standard InChI is InChI=1S/C14H25BFNO4/c1-13(2)14(3,4)21-15(20-13)11-10(8-19-5)6-7-17(9-18)12(11)16/h9-12H,6-8H2,1-5H3. The lowest BCUT2D eigenvalue weighted by molar-refractivity contribution is -0.127. The first kappa shape index (κ1) is 16.7. The minimum Gasteiger partial charge on any atom is -0.403 e. The summed E-state index contributed by atoms with van der Waals surface area (Å²) < 4.78 is 31.9. The number of carbonyl (C=O) groups excluding carboxylic acids is 1. The van der Waals surface area contributed by atoms with E-state index in [0.29, 0.717) is 26.0 Å². The smallest absolute Gasteiger partial charge is 0.403 e. The summed E-state index contributed by atoms with van der Waals surface area (Å²) in [5.74, 6) is -0.569. The van der Waals surface area contributed by atoms with E-state index in [9.17, 15) is 9.18 Å². The number of carbonyl (C=O) groups is 1. The molecule has 0 spiro atoms. The number of methoxy groups -OCH3 is 1. The third-order valence-electron chi connectivity index (χ3n) is 5.04. The molecule has 7 heteroatoms. The molecule has 2 aliphatic rings. The Morgan fingerprint density at radius 3 is 2.38 bits per heavy atom. The first-order valence-corrected chi connectivity index (χ1v) is 7.43. The topological polar surface area (TPSA) is 48.0 Å². The number of piperidine rings is 1. The molecule has 2 heterocycles. The number of likely N-dealkylation sites (tertiary alicyclic amines) is 1. The summed E-state index contributed by atoms with van der Waals surface area (Å²) in [5, 5.41) is 0. The van der Waals surface area contributed by atoms with Crippen LogP contribution < -0.4 is 0 Å². The summed E-state index contributed by atoms with van der Waals surface area (Å²) >= 11 is 0. The first-order chi connectivity index (χ1) is 9.73. The van der Waals surface area contributed by atoms with Crippen molar-refractivity contribution in [2.24, 2.45) is 5.92 Å². The average molecular weight is 301 g/mol. The third-order valence-corrected chi connectivity index (χ3v) is 5.04. The van der Waals surface area contributed by atoms with Crippen LogP contribution in [0.1, 0.15) is 34.1 Å². The van der Waals surface area contributed by atoms with Crippen molar-refractivity contribution in [2.75, 3.05) is 20.3 Å². The quantitative estimate of drug-likeness (QED) is 0.452. The highest BCUT2D eigenvalue weighted by atomic mass is 19.1. The minimum atomic E-state index is -1.41. The van der Waals surface area contributed by atoms with Crippen LogP contribution >= 0.6 is 0 Å². The predicted octanol–water partition coefficient (Wildman–Crippen LogP) is 1.87. The number of ether oxygens (including phenoxy) is 1. The van der Waals surface area contributed by atoms with Gasteiger partial charge in [0.1, 0.15) is 0 Å². The summed E-state index contributed by atoms with van der Waals surface area (Å²) in [6, 6.07) is 0. The van der Waals surface area contributed by atoms with E-state index in [2.05, 4.69) is 0 Å². The van der Waals surface area contributed by atoms with Crippen LogP contribution in [0.15, 0.2) is 0 Å². The Morgan fingerprint density at radius 1 is 1.33 bits per heavy atom. The van der Waals surface area contributed by atoms with Crippen LogP contribution in [0.3, 0.4) is 0 Å². The van der Waals surface area contributed by atoms with Crippen LogP contribution in [-0.4, -0.2) is 56.2 Å². The maximum absolute atomic E-state index is 14.7. The van der Waals surface area contributed by atoms with Crippen LogP contribution in [0, 0.1) is 5.92 Å². The Balaban J connectivity index is 2.22. The molecule has 3 unspecified atom stereocenters. The van der Waals surface area contributed by atoms with Crippen molar-refractivity contribution >= 4 is 13.5 Å². The molecule has 0 N–H and O–H groups in total. The minimum absolute atomic E-state index is 0.0316. The normalized spacial score (nSPS) is 35.0. The number of rotatable bonds is 4. The second-order valence-electron chi connectivity index (χ2n) is 6.92. The SMILES string of the molecule is COCC1CCN(C=O)C(F)C1B1OC(C)(C)C(C)(C)O1. The monoisotopic (exact) mass is 301 g/mol. The number of hydrogen-bond acceptors (Lipinski definition) is 4. The molecule has 2 fully saturated rings. The molecule has 0 aromatic carbocycles. The highest BCUT2D eigenvalue weighted by Crippen LogP contribution is 2.46. The molecular weight excluding hydrogens is 276 g/mol. The van der Waals surface area contributed by atoms with Gasteiger partial charge in [-0.15, -0.1) is 0 Å². The summed E-state index contributed by atoms with van der Waals surface area (Å²) in [6.45, 7) is 8.58. The number of alkyl halides is 1. The second kappa shape index (κ2) is 5.86. The molecule has 0 bridgehead atoms. The van der Waals surface area contributed by atoms with Crippen LogP contribution in [-0.2, 0) is 18.8 Å². The Morgan fingerprint density at radius 2 is 1.90 bits per heavy atom. The van der Waals surface area contributed by atoms with Gasteiger partial charge in [-0.3, -0.25) is 4.79 Å². The Labute approximate surface area is 126 Å². The van der Waals surface area contributed by atoms with Crippen LogP contribution in [0.25, 0.3) is 0 Å². The van der Waals surface area contributed by atoms with E-state index in [0.717, 1.165) is 0 Å². The summed E-state index contributed by atoms with van der Waals surface area (Å²) in [7, 11) is 0.925. The molecule has 0 saturated carbocycles. The highest BCUT2D eigenvalue weighted by molar-refractivity contribution is 6.47. The van der Waals surface area contributed by atoms with E-state index >= 15 is 0 Å². The zero-order valence-corrected chi connectivity index (χ0v) is 13.5. The summed E-state index contributed by atoms with van der Waals surface area (Å²) in [6.07, 6.45) is -0.167. The van der Waals surface area contributed by atoms with Crippen molar-refractivity contribution in [3.63, 3.8) is 0 Å². The maximum atomic E-state index is 14.7. The van der Waals surface area contributed by atoms with Gasteiger partial charge in [0.15, 0.2) is 6.30 Å². The number of halogens is 1. The molecule has 5 nitrogen and oxygen atoms in total. The molecule has 21 heavy (non-hydrogen) atoms. The van der Waals surface area contributed by atoms with Gasteiger partial charge in [0.25, 0.3) is 0 Å². The van der Waals surface area contributed by atoms with Gasteiger partial charge in [0, 0.05) is 26.1 Å². The van der Waals surface area contributed by atoms with Gasteiger partial charge in [-0.05, 0) is 40.0 Å². The van der Waals surface area contributed by atoms with Gasteiger partial charge < -0.3 is 18.9 Å². The molecule has 2 saturated heterocycles. The Hall–Kier alpha value is -0.655. The lowest BCUT2D eigenvalue weighted by Gasteiger charge is -2.40. The first-order valence-electron chi connectivity index (χ1n) is 7.43. The number of hydrogen-bond donors (Lipinski definition) is 0. The van der Waals surface area contributed by atoms with Crippen LogP contribution in [0.2, 0.25) is 5.82 Å². The van der Waals surface area contributed by atoms with E-state index in [-0.39, 0.29) is 5.92 Å². The lowest BCUT2D eigenvalue weighted by Crippen LogP contribution is -2.50. The van der Waals surface area contributed by atoms with Crippen molar-refractivity contribution in [2.45, 2.75) is 57.4 Å².